The summed E-state index contributed by atoms with van der Waals surface area (Å²) in [7, 11) is 0. The fourth-order valence-corrected chi connectivity index (χ4v) is 2.57. The Morgan fingerprint density at radius 3 is 2.94 bits per heavy atom. The van der Waals surface area contributed by atoms with Gasteiger partial charge < -0.3 is 11.1 Å². The molecule has 3 N–H and O–H groups in total. The number of hydrogen-bond donors (Lipinski definition) is 2. The molecule has 0 spiro atoms. The van der Waals surface area contributed by atoms with Crippen LogP contribution in [0.5, 0.6) is 0 Å². The maximum absolute atomic E-state index is 11.7. The first kappa shape index (κ1) is 15.0. The number of nitrogens with two attached hydrogens (primary N) is 1. The summed E-state index contributed by atoms with van der Waals surface area (Å²) in [6, 6.07) is 8.49. The molecule has 0 aliphatic heterocycles. The highest BCUT2D eigenvalue weighted by Gasteiger charge is 2.21. The van der Waals surface area contributed by atoms with Gasteiger partial charge in [0.15, 0.2) is 0 Å². The summed E-state index contributed by atoms with van der Waals surface area (Å²) in [5, 5.41) is 2.85. The molecule has 0 radical (unpaired) electrons. The van der Waals surface area contributed by atoms with Gasteiger partial charge in [0.1, 0.15) is 0 Å². The van der Waals surface area contributed by atoms with E-state index in [-0.39, 0.29) is 18.3 Å². The molecule has 1 aromatic carbocycles. The molecule has 1 unspecified atom stereocenters. The Bertz CT molecular complexity index is 395. The highest BCUT2D eigenvalue weighted by molar-refractivity contribution is 5.85. The molecule has 0 fully saturated rings. The van der Waals surface area contributed by atoms with Gasteiger partial charge in [-0.15, -0.1) is 12.4 Å². The minimum atomic E-state index is 0. The summed E-state index contributed by atoms with van der Waals surface area (Å²) >= 11 is 0. The molecule has 0 bridgehead atoms. The number of fused-ring (bicyclic) bond motifs is 1. The van der Waals surface area contributed by atoms with E-state index >= 15 is 0 Å². The first-order chi connectivity index (χ1) is 8.31. The molecule has 3 nitrogen and oxygen atoms in total. The monoisotopic (exact) mass is 268 g/mol. The number of halogens is 1. The maximum atomic E-state index is 11.7. The van der Waals surface area contributed by atoms with Gasteiger partial charge in [0.2, 0.25) is 5.91 Å². The number of amides is 1. The fourth-order valence-electron chi connectivity index (χ4n) is 2.57. The number of hydrogen-bond acceptors (Lipinski definition) is 2. The van der Waals surface area contributed by atoms with Gasteiger partial charge in [0.05, 0.1) is 0 Å². The second-order valence-electron chi connectivity index (χ2n) is 4.63. The second kappa shape index (κ2) is 7.39. The zero-order valence-corrected chi connectivity index (χ0v) is 11.3. The first-order valence-corrected chi connectivity index (χ1v) is 6.36. The van der Waals surface area contributed by atoms with E-state index in [1.165, 1.54) is 17.5 Å². The quantitative estimate of drug-likeness (QED) is 0.878. The molecule has 0 heterocycles. The van der Waals surface area contributed by atoms with Crippen LogP contribution in [0, 0.1) is 0 Å². The number of carbonyl (C=O) groups excluding carboxylic acids is 1. The van der Waals surface area contributed by atoms with Gasteiger partial charge in [-0.25, -0.2) is 0 Å². The molecule has 0 saturated carbocycles. The zero-order chi connectivity index (χ0) is 12.1. The number of nitrogens with one attached hydrogen (secondary N) is 1. The van der Waals surface area contributed by atoms with Crippen LogP contribution in [0.1, 0.15) is 36.3 Å². The minimum absolute atomic E-state index is 0. The largest absolute Gasteiger partial charge is 0.355 e. The summed E-state index contributed by atoms with van der Waals surface area (Å²) in [5.41, 5.74) is 8.15. The number of benzene rings is 1. The van der Waals surface area contributed by atoms with Crippen molar-refractivity contribution in [2.45, 2.75) is 31.6 Å². The Balaban J connectivity index is 0.00000162. The van der Waals surface area contributed by atoms with Gasteiger partial charge in [-0.3, -0.25) is 4.79 Å². The summed E-state index contributed by atoms with van der Waals surface area (Å²) in [4.78, 5) is 11.7. The van der Waals surface area contributed by atoms with E-state index < -0.39 is 0 Å². The average molecular weight is 269 g/mol. The Morgan fingerprint density at radius 1 is 1.39 bits per heavy atom. The van der Waals surface area contributed by atoms with Crippen LogP contribution in [0.25, 0.3) is 0 Å². The van der Waals surface area contributed by atoms with E-state index in [2.05, 4.69) is 29.6 Å². The van der Waals surface area contributed by atoms with Crippen LogP contribution in [0.2, 0.25) is 0 Å². The summed E-state index contributed by atoms with van der Waals surface area (Å²) in [6.07, 6.45) is 4.05. The molecule has 2 rings (SSSR count). The molecule has 0 saturated heterocycles. The van der Waals surface area contributed by atoms with Gasteiger partial charge in [-0.05, 0) is 36.3 Å². The number of rotatable bonds is 4. The van der Waals surface area contributed by atoms with Crippen molar-refractivity contribution in [3.05, 3.63) is 35.4 Å². The lowest BCUT2D eigenvalue weighted by molar-refractivity contribution is -0.121. The van der Waals surface area contributed by atoms with E-state index in [4.69, 9.17) is 5.73 Å². The van der Waals surface area contributed by atoms with Crippen molar-refractivity contribution in [2.75, 3.05) is 13.1 Å². The molecule has 100 valence electrons. The van der Waals surface area contributed by atoms with E-state index in [1.54, 1.807) is 0 Å². The van der Waals surface area contributed by atoms with Crippen molar-refractivity contribution in [1.82, 2.24) is 5.32 Å². The lowest BCUT2D eigenvalue weighted by Gasteiger charge is -2.24. The predicted octanol–water partition coefficient (Wildman–Crippen LogP) is 1.99. The molecule has 1 aliphatic carbocycles. The van der Waals surface area contributed by atoms with E-state index in [1.807, 2.05) is 0 Å². The van der Waals surface area contributed by atoms with Crippen LogP contribution in [-0.2, 0) is 11.2 Å². The third-order valence-corrected chi connectivity index (χ3v) is 3.39. The molecule has 1 atom stereocenters. The van der Waals surface area contributed by atoms with Crippen LogP contribution in [0.15, 0.2) is 24.3 Å². The van der Waals surface area contributed by atoms with Gasteiger partial charge in [-0.2, -0.15) is 0 Å². The van der Waals surface area contributed by atoms with Crippen molar-refractivity contribution in [3.8, 4) is 0 Å². The van der Waals surface area contributed by atoms with Crippen molar-refractivity contribution in [1.29, 1.82) is 0 Å². The van der Waals surface area contributed by atoms with Crippen LogP contribution < -0.4 is 11.1 Å². The Kier molecular flexibility index (Phi) is 6.16. The highest BCUT2D eigenvalue weighted by atomic mass is 35.5. The predicted molar refractivity (Wildman–Crippen MR) is 76.1 cm³/mol. The fraction of sp³-hybridized carbons (Fsp3) is 0.500. The van der Waals surface area contributed by atoms with Crippen molar-refractivity contribution >= 4 is 18.3 Å². The molecular weight excluding hydrogens is 248 g/mol. The van der Waals surface area contributed by atoms with Gasteiger partial charge in [-0.1, -0.05) is 24.3 Å². The SMILES string of the molecule is Cl.NCCNC(=O)CC1CCCc2ccccc21. The molecule has 18 heavy (non-hydrogen) atoms. The topological polar surface area (TPSA) is 55.1 Å². The normalized spacial score (nSPS) is 17.5. The van der Waals surface area contributed by atoms with E-state index in [9.17, 15) is 4.79 Å². The van der Waals surface area contributed by atoms with E-state index in [0.717, 1.165) is 12.8 Å². The summed E-state index contributed by atoms with van der Waals surface area (Å²) in [5.74, 6) is 0.509. The van der Waals surface area contributed by atoms with Crippen LogP contribution in [-0.4, -0.2) is 19.0 Å². The Labute approximate surface area is 115 Å². The first-order valence-electron chi connectivity index (χ1n) is 6.36. The lowest BCUT2D eigenvalue weighted by atomic mass is 9.81. The molecule has 1 amide bonds. The number of aryl methyl sites for hydroxylation is 1. The third-order valence-electron chi connectivity index (χ3n) is 3.39. The van der Waals surface area contributed by atoms with Gasteiger partial charge in [0, 0.05) is 19.5 Å². The highest BCUT2D eigenvalue weighted by Crippen LogP contribution is 2.33. The van der Waals surface area contributed by atoms with Crippen molar-refractivity contribution < 1.29 is 4.79 Å². The Hall–Kier alpha value is -1.06. The molecule has 1 aliphatic rings. The molecular formula is C14H21ClN2O. The zero-order valence-electron chi connectivity index (χ0n) is 10.5. The minimum Gasteiger partial charge on any atom is -0.355 e. The number of carbonyl (C=O) groups is 1. The third kappa shape index (κ3) is 3.72. The standard InChI is InChI=1S/C14H20N2O.ClH/c15-8-9-16-14(17)10-12-6-3-5-11-4-1-2-7-13(11)12;/h1-2,4,7,12H,3,5-6,8-10,15H2,(H,16,17);1H. The molecule has 4 heteroatoms. The van der Waals surface area contributed by atoms with Crippen LogP contribution in [0.4, 0.5) is 0 Å². The van der Waals surface area contributed by atoms with Crippen molar-refractivity contribution in [2.24, 2.45) is 5.73 Å². The summed E-state index contributed by atoms with van der Waals surface area (Å²) < 4.78 is 0. The second-order valence-corrected chi connectivity index (χ2v) is 4.63. The van der Waals surface area contributed by atoms with Gasteiger partial charge >= 0.3 is 0 Å². The maximum Gasteiger partial charge on any atom is 0.220 e. The van der Waals surface area contributed by atoms with Crippen LogP contribution >= 0.6 is 12.4 Å². The van der Waals surface area contributed by atoms with Crippen LogP contribution in [0.3, 0.4) is 0 Å². The smallest absolute Gasteiger partial charge is 0.220 e. The van der Waals surface area contributed by atoms with Gasteiger partial charge in [0.25, 0.3) is 0 Å². The van der Waals surface area contributed by atoms with E-state index in [0.29, 0.717) is 25.4 Å². The Morgan fingerprint density at radius 2 is 2.17 bits per heavy atom. The average Bonchev–Trinajstić information content (AvgIpc) is 2.37. The lowest BCUT2D eigenvalue weighted by Crippen LogP contribution is -2.30. The molecule has 0 aromatic heterocycles. The summed E-state index contributed by atoms with van der Waals surface area (Å²) in [6.45, 7) is 1.08. The molecule has 1 aromatic rings. The van der Waals surface area contributed by atoms with Crippen molar-refractivity contribution in [3.63, 3.8) is 0 Å².